The number of rotatable bonds is 8. The molecule has 3 N–H and O–H groups in total. The SMILES string of the molecule is C[C@H]1CN(CCC2CCC(N(O)C(=O)c3cc4c(OCc5coc6c5C(=O)CCC6)cccc4[nH]3)CC2)CC[C@@H]1O. The summed E-state index contributed by atoms with van der Waals surface area (Å²) < 4.78 is 11.7. The quantitative estimate of drug-likeness (QED) is 0.250. The second-order valence-corrected chi connectivity index (χ2v) is 12.3. The van der Waals surface area contributed by atoms with Crippen molar-refractivity contribution < 1.29 is 29.1 Å². The fourth-order valence-electron chi connectivity index (χ4n) is 6.88. The number of benzene rings is 1. The molecule has 41 heavy (non-hydrogen) atoms. The number of carbonyl (C=O) groups excluding carboxylic acids is 2. The number of hydrogen-bond acceptors (Lipinski definition) is 7. The Morgan fingerprint density at radius 2 is 2.02 bits per heavy atom. The molecule has 220 valence electrons. The number of fused-ring (bicyclic) bond motifs is 2. The number of piperidine rings is 1. The Bertz CT molecular complexity index is 1390. The predicted octanol–water partition coefficient (Wildman–Crippen LogP) is 5.34. The number of aromatic amines is 1. The van der Waals surface area contributed by atoms with E-state index in [1.165, 1.54) is 0 Å². The van der Waals surface area contributed by atoms with E-state index in [2.05, 4.69) is 16.8 Å². The minimum Gasteiger partial charge on any atom is -0.488 e. The zero-order chi connectivity index (χ0) is 28.5. The average Bonchev–Trinajstić information content (AvgIpc) is 3.62. The number of hydroxylamine groups is 2. The van der Waals surface area contributed by atoms with E-state index in [1.54, 1.807) is 12.3 Å². The number of nitrogens with zero attached hydrogens (tertiary/aromatic N) is 2. The monoisotopic (exact) mass is 563 g/mol. The van der Waals surface area contributed by atoms with Gasteiger partial charge in [-0.3, -0.25) is 14.8 Å². The van der Waals surface area contributed by atoms with Crippen molar-refractivity contribution in [3.8, 4) is 5.75 Å². The number of H-pyrrole nitrogens is 1. The molecule has 2 aliphatic carbocycles. The molecule has 2 aromatic heterocycles. The van der Waals surface area contributed by atoms with E-state index in [1.807, 2.05) is 18.2 Å². The molecule has 1 aliphatic heterocycles. The summed E-state index contributed by atoms with van der Waals surface area (Å²) in [5.41, 5.74) is 2.46. The van der Waals surface area contributed by atoms with E-state index in [4.69, 9.17) is 9.15 Å². The summed E-state index contributed by atoms with van der Waals surface area (Å²) in [4.78, 5) is 31.3. The third kappa shape index (κ3) is 5.94. The van der Waals surface area contributed by atoms with Crippen molar-refractivity contribution >= 4 is 22.6 Å². The maximum absolute atomic E-state index is 13.3. The first-order valence-electron chi connectivity index (χ1n) is 15.2. The van der Waals surface area contributed by atoms with Gasteiger partial charge in [-0.1, -0.05) is 13.0 Å². The Morgan fingerprint density at radius 3 is 2.83 bits per heavy atom. The predicted molar refractivity (Wildman–Crippen MR) is 153 cm³/mol. The summed E-state index contributed by atoms with van der Waals surface area (Å²) in [6.07, 6.45) is 9.06. The standard InChI is InChI=1S/C32H41N3O6/c1-20-17-34(15-13-27(20)36)14-12-21-8-10-23(11-9-21)35(39)32(38)26-16-24-25(33-26)4-2-6-29(24)40-18-22-19-41-30-7-3-5-28(37)31(22)30/h2,4,6,16,19-21,23,27,33,36,39H,3,5,7-15,17-18H2,1H3/t20-,21?,23?,27-/m0/s1. The molecule has 2 fully saturated rings. The molecule has 3 aliphatic rings. The molecule has 6 rings (SSSR count). The van der Waals surface area contributed by atoms with Gasteiger partial charge in [0.15, 0.2) is 5.78 Å². The molecule has 1 saturated heterocycles. The number of likely N-dealkylation sites (tertiary alicyclic amines) is 1. The molecule has 1 amide bonds. The molecule has 3 aromatic rings. The van der Waals surface area contributed by atoms with E-state index in [0.29, 0.717) is 35.3 Å². The number of aromatic nitrogens is 1. The lowest BCUT2D eigenvalue weighted by molar-refractivity contribution is -0.0997. The first kappa shape index (κ1) is 28.0. The highest BCUT2D eigenvalue weighted by atomic mass is 16.5. The lowest BCUT2D eigenvalue weighted by atomic mass is 9.83. The number of aliphatic hydroxyl groups is 1. The molecule has 1 aromatic carbocycles. The van der Waals surface area contributed by atoms with Crippen LogP contribution in [-0.4, -0.2) is 68.7 Å². The molecular formula is C32H41N3O6. The fourth-order valence-corrected chi connectivity index (χ4v) is 6.88. The molecular weight excluding hydrogens is 522 g/mol. The van der Waals surface area contributed by atoms with Crippen LogP contribution in [-0.2, 0) is 13.0 Å². The van der Waals surface area contributed by atoms with Crippen molar-refractivity contribution in [3.63, 3.8) is 0 Å². The lowest BCUT2D eigenvalue weighted by Gasteiger charge is -2.36. The van der Waals surface area contributed by atoms with Crippen LogP contribution >= 0.6 is 0 Å². The molecule has 0 bridgehead atoms. The van der Waals surface area contributed by atoms with Crippen molar-refractivity contribution in [3.05, 3.63) is 53.1 Å². The highest BCUT2D eigenvalue weighted by molar-refractivity contribution is 6.00. The summed E-state index contributed by atoms with van der Waals surface area (Å²) in [5, 5.41) is 22.5. The number of furan rings is 1. The van der Waals surface area contributed by atoms with Gasteiger partial charge in [0.2, 0.25) is 0 Å². The topological polar surface area (TPSA) is 119 Å². The van der Waals surface area contributed by atoms with Crippen LogP contribution in [0.1, 0.15) is 90.5 Å². The van der Waals surface area contributed by atoms with E-state index in [9.17, 15) is 19.9 Å². The van der Waals surface area contributed by atoms with Gasteiger partial charge in [-0.2, -0.15) is 0 Å². The van der Waals surface area contributed by atoms with E-state index in [0.717, 1.165) is 98.3 Å². The van der Waals surface area contributed by atoms with Gasteiger partial charge < -0.3 is 24.1 Å². The van der Waals surface area contributed by atoms with Crippen LogP contribution < -0.4 is 4.74 Å². The normalized spacial score (nSPS) is 25.3. The molecule has 3 heterocycles. The highest BCUT2D eigenvalue weighted by Gasteiger charge is 2.31. The minimum absolute atomic E-state index is 0.0979. The van der Waals surface area contributed by atoms with Gasteiger partial charge in [0, 0.05) is 42.4 Å². The summed E-state index contributed by atoms with van der Waals surface area (Å²) in [6.45, 7) is 5.28. The van der Waals surface area contributed by atoms with Crippen LogP contribution in [0.5, 0.6) is 5.75 Å². The van der Waals surface area contributed by atoms with Crippen LogP contribution in [0.25, 0.3) is 10.9 Å². The number of amides is 1. The van der Waals surface area contributed by atoms with Gasteiger partial charge in [0.1, 0.15) is 23.8 Å². The highest BCUT2D eigenvalue weighted by Crippen LogP contribution is 2.33. The van der Waals surface area contributed by atoms with Crippen molar-refractivity contribution in [1.29, 1.82) is 0 Å². The number of ether oxygens (including phenoxy) is 1. The maximum atomic E-state index is 13.3. The van der Waals surface area contributed by atoms with Crippen molar-refractivity contribution in [1.82, 2.24) is 14.9 Å². The second-order valence-electron chi connectivity index (χ2n) is 12.3. The number of carbonyl (C=O) groups is 2. The number of ketones is 1. The molecule has 0 spiro atoms. The van der Waals surface area contributed by atoms with Gasteiger partial charge >= 0.3 is 0 Å². The zero-order valence-electron chi connectivity index (χ0n) is 23.8. The Hall–Kier alpha value is -3.14. The van der Waals surface area contributed by atoms with Crippen LogP contribution in [0.4, 0.5) is 0 Å². The van der Waals surface area contributed by atoms with E-state index in [-0.39, 0.29) is 24.5 Å². The molecule has 0 radical (unpaired) electrons. The zero-order valence-corrected chi connectivity index (χ0v) is 23.8. The molecule has 9 heteroatoms. The Kier molecular flexibility index (Phi) is 8.19. The Labute approximate surface area is 240 Å². The molecule has 1 saturated carbocycles. The van der Waals surface area contributed by atoms with Crippen molar-refractivity contribution in [2.45, 2.75) is 83.5 Å². The first-order chi connectivity index (χ1) is 19.9. The lowest BCUT2D eigenvalue weighted by Crippen LogP contribution is -2.43. The average molecular weight is 564 g/mol. The van der Waals surface area contributed by atoms with Gasteiger partial charge in [0.25, 0.3) is 5.91 Å². The summed E-state index contributed by atoms with van der Waals surface area (Å²) in [5.74, 6) is 1.92. The Morgan fingerprint density at radius 1 is 1.20 bits per heavy atom. The number of aliphatic hydroxyl groups excluding tert-OH is 1. The number of nitrogens with one attached hydrogen (secondary N) is 1. The van der Waals surface area contributed by atoms with E-state index < -0.39 is 5.91 Å². The molecule has 2 atom stereocenters. The summed E-state index contributed by atoms with van der Waals surface area (Å²) in [6, 6.07) is 7.09. The molecule has 9 nitrogen and oxygen atoms in total. The van der Waals surface area contributed by atoms with Gasteiger partial charge in [-0.05, 0) is 81.5 Å². The van der Waals surface area contributed by atoms with Crippen LogP contribution in [0.15, 0.2) is 34.9 Å². The van der Waals surface area contributed by atoms with Gasteiger partial charge in [0.05, 0.1) is 24.0 Å². The fraction of sp³-hybridized carbons (Fsp3) is 0.562. The van der Waals surface area contributed by atoms with Gasteiger partial charge in [-0.15, -0.1) is 0 Å². The van der Waals surface area contributed by atoms with Crippen molar-refractivity contribution in [2.24, 2.45) is 11.8 Å². The summed E-state index contributed by atoms with van der Waals surface area (Å²) in [7, 11) is 0. The molecule has 0 unspecified atom stereocenters. The van der Waals surface area contributed by atoms with Crippen LogP contribution in [0, 0.1) is 11.8 Å². The third-order valence-corrected chi connectivity index (χ3v) is 9.44. The van der Waals surface area contributed by atoms with E-state index >= 15 is 0 Å². The Balaban J connectivity index is 1.04. The number of aryl methyl sites for hydroxylation is 1. The van der Waals surface area contributed by atoms with Crippen molar-refractivity contribution in [2.75, 3.05) is 19.6 Å². The van der Waals surface area contributed by atoms with Crippen LogP contribution in [0.2, 0.25) is 0 Å². The largest absolute Gasteiger partial charge is 0.488 e. The number of Topliss-reactive ketones (excluding diaryl/α,β-unsaturated/α-hetero) is 1. The van der Waals surface area contributed by atoms with Gasteiger partial charge in [-0.25, -0.2) is 5.06 Å². The minimum atomic E-state index is -0.439. The first-order valence-corrected chi connectivity index (χ1v) is 15.2. The third-order valence-electron chi connectivity index (χ3n) is 9.44. The summed E-state index contributed by atoms with van der Waals surface area (Å²) >= 11 is 0. The number of hydrogen-bond donors (Lipinski definition) is 3. The smallest absolute Gasteiger partial charge is 0.293 e. The maximum Gasteiger partial charge on any atom is 0.293 e. The van der Waals surface area contributed by atoms with Crippen LogP contribution in [0.3, 0.4) is 0 Å². The second kappa shape index (κ2) is 12.0.